The van der Waals surface area contributed by atoms with Crippen LogP contribution < -0.4 is 4.72 Å². The third-order valence-electron chi connectivity index (χ3n) is 9.63. The molecule has 0 atom stereocenters. The highest BCUT2D eigenvalue weighted by Crippen LogP contribution is 2.29. The number of carbonyl (C=O) groups excluding carboxylic acids is 3. The number of sulfonamides is 1. The first-order valence-electron chi connectivity index (χ1n) is 18.1. The van der Waals surface area contributed by atoms with Crippen LogP contribution >= 0.6 is 11.6 Å². The van der Waals surface area contributed by atoms with Crippen LogP contribution in [0.25, 0.3) is 16.5 Å². The van der Waals surface area contributed by atoms with Gasteiger partial charge in [0.25, 0.3) is 27.7 Å². The summed E-state index contributed by atoms with van der Waals surface area (Å²) >= 11 is 6.83. The molecule has 0 bridgehead atoms. The van der Waals surface area contributed by atoms with E-state index in [4.69, 9.17) is 11.6 Å². The second kappa shape index (κ2) is 16.4. The molecular weight excluding hydrogens is 724 g/mol. The van der Waals surface area contributed by atoms with Crippen LogP contribution in [0.4, 0.5) is 0 Å². The van der Waals surface area contributed by atoms with Crippen molar-refractivity contribution in [2.75, 3.05) is 13.1 Å². The minimum atomic E-state index is -4.29. The van der Waals surface area contributed by atoms with Crippen LogP contribution in [-0.2, 0) is 23.1 Å². The van der Waals surface area contributed by atoms with Crippen molar-refractivity contribution in [3.05, 3.63) is 124 Å². The number of hydrogen-bond acceptors (Lipinski definition) is 7. The Labute approximate surface area is 320 Å². The van der Waals surface area contributed by atoms with Crippen LogP contribution in [0.5, 0.6) is 0 Å². The predicted molar refractivity (Wildman–Crippen MR) is 211 cm³/mol. The van der Waals surface area contributed by atoms with Gasteiger partial charge in [-0.2, -0.15) is 5.10 Å². The SMILES string of the molecule is CCCCN(CCCC)C(=O)c1nn(-c2ccc(C(=O)NS(=O)(=O)c3ccc4ccccc4c3)cc2C(=O)N2Cc3ccccc3CN=C2C)c(C)c1Cl. The Morgan fingerprint density at radius 1 is 0.852 bits per heavy atom. The Hall–Kier alpha value is -5.33. The molecule has 1 aromatic heterocycles. The molecule has 0 radical (unpaired) electrons. The van der Waals surface area contributed by atoms with E-state index in [0.717, 1.165) is 42.2 Å². The van der Waals surface area contributed by atoms with Gasteiger partial charge in [-0.3, -0.25) is 24.3 Å². The summed E-state index contributed by atoms with van der Waals surface area (Å²) in [4.78, 5) is 50.1. The number of aliphatic imine (C=N–C) groups is 1. The van der Waals surface area contributed by atoms with Gasteiger partial charge in [-0.1, -0.05) is 92.9 Å². The largest absolute Gasteiger partial charge is 0.337 e. The molecule has 3 amide bonds. The number of hydrogen-bond donors (Lipinski definition) is 1. The van der Waals surface area contributed by atoms with Crippen molar-refractivity contribution in [1.29, 1.82) is 0 Å². The second-order valence-corrected chi connectivity index (χ2v) is 15.4. The quantitative estimate of drug-likeness (QED) is 0.138. The molecule has 4 aromatic carbocycles. The lowest BCUT2D eigenvalue weighted by Crippen LogP contribution is -2.36. The van der Waals surface area contributed by atoms with Crippen LogP contribution in [-0.4, -0.2) is 64.6 Å². The normalized spacial score (nSPS) is 12.9. The molecule has 1 aliphatic heterocycles. The van der Waals surface area contributed by atoms with Crippen molar-refractivity contribution < 1.29 is 22.8 Å². The van der Waals surface area contributed by atoms with E-state index in [2.05, 4.69) is 28.7 Å². The Bertz CT molecular complexity index is 2380. The van der Waals surface area contributed by atoms with Gasteiger partial charge in [0.05, 0.1) is 40.0 Å². The highest BCUT2D eigenvalue weighted by molar-refractivity contribution is 7.90. The zero-order valence-electron chi connectivity index (χ0n) is 30.8. The van der Waals surface area contributed by atoms with E-state index in [1.807, 2.05) is 36.4 Å². The number of amidine groups is 1. The molecule has 2 heterocycles. The molecule has 1 N–H and O–H groups in total. The maximum absolute atomic E-state index is 14.7. The molecule has 54 heavy (non-hydrogen) atoms. The van der Waals surface area contributed by atoms with Crippen molar-refractivity contribution in [2.24, 2.45) is 4.99 Å². The highest BCUT2D eigenvalue weighted by Gasteiger charge is 2.30. The van der Waals surface area contributed by atoms with Gasteiger partial charge in [-0.25, -0.2) is 17.8 Å². The maximum Gasteiger partial charge on any atom is 0.275 e. The fourth-order valence-corrected chi connectivity index (χ4v) is 7.63. The summed E-state index contributed by atoms with van der Waals surface area (Å²) in [5.41, 5.74) is 2.59. The summed E-state index contributed by atoms with van der Waals surface area (Å²) < 4.78 is 30.5. The Kier molecular flexibility index (Phi) is 11.6. The third kappa shape index (κ3) is 7.95. The number of carbonyl (C=O) groups is 3. The minimum Gasteiger partial charge on any atom is -0.337 e. The maximum atomic E-state index is 14.7. The topological polar surface area (TPSA) is 134 Å². The lowest BCUT2D eigenvalue weighted by Gasteiger charge is -2.23. The zero-order valence-corrected chi connectivity index (χ0v) is 32.4. The molecule has 1 aliphatic rings. The Morgan fingerprint density at radius 2 is 1.52 bits per heavy atom. The first-order chi connectivity index (χ1) is 25.9. The fourth-order valence-electron chi connectivity index (χ4n) is 6.42. The molecular formula is C41H43ClN6O5S. The molecule has 0 fully saturated rings. The molecule has 280 valence electrons. The summed E-state index contributed by atoms with van der Waals surface area (Å²) in [7, 11) is -4.29. The number of halogens is 1. The third-order valence-corrected chi connectivity index (χ3v) is 11.4. The van der Waals surface area contributed by atoms with Gasteiger partial charge in [0.2, 0.25) is 0 Å². The average molecular weight is 767 g/mol. The van der Waals surface area contributed by atoms with E-state index in [9.17, 15) is 22.8 Å². The van der Waals surface area contributed by atoms with E-state index in [-0.39, 0.29) is 44.9 Å². The summed E-state index contributed by atoms with van der Waals surface area (Å²) in [6.45, 7) is 9.28. The van der Waals surface area contributed by atoms with Crippen molar-refractivity contribution in [3.8, 4) is 5.69 Å². The fraction of sp³-hybridized carbons (Fsp3) is 0.293. The molecule has 0 spiro atoms. The molecule has 0 aliphatic carbocycles. The lowest BCUT2D eigenvalue weighted by atomic mass is 10.0. The average Bonchev–Trinajstić information content (AvgIpc) is 3.36. The standard InChI is InChI=1S/C41H43ClN6O5S/c1-5-7-21-46(22-8-6-2)41(51)38-37(42)27(3)48(44-38)36-20-18-31(39(49)45-54(52,53)34-19-17-29-13-9-10-14-30(29)23-34)24-35(36)40(50)47-26-33-16-12-11-15-32(33)25-43-28(47)4/h9-20,23-24H,5-8,21-22,25-26H2,1-4H3,(H,45,49). The van der Waals surface area contributed by atoms with Crippen LogP contribution in [0.2, 0.25) is 5.02 Å². The van der Waals surface area contributed by atoms with Crippen molar-refractivity contribution in [3.63, 3.8) is 0 Å². The summed E-state index contributed by atoms with van der Waals surface area (Å²) in [6.07, 6.45) is 3.47. The number of fused-ring (bicyclic) bond motifs is 2. The van der Waals surface area contributed by atoms with Gasteiger partial charge in [0.1, 0.15) is 5.84 Å². The molecule has 0 saturated heterocycles. The number of benzene rings is 4. The van der Waals surface area contributed by atoms with Crippen LogP contribution in [0.1, 0.15) is 94.5 Å². The molecule has 0 saturated carbocycles. The summed E-state index contributed by atoms with van der Waals surface area (Å²) in [5.74, 6) is -1.27. The van der Waals surface area contributed by atoms with Gasteiger partial charge in [0, 0.05) is 18.7 Å². The summed E-state index contributed by atoms with van der Waals surface area (Å²) in [5, 5.41) is 6.38. The molecule has 11 nitrogen and oxygen atoms in total. The minimum absolute atomic E-state index is 0.0368. The van der Waals surface area contributed by atoms with Crippen molar-refractivity contribution in [1.82, 2.24) is 24.3 Å². The van der Waals surface area contributed by atoms with Crippen LogP contribution in [0.15, 0.2) is 94.8 Å². The molecule has 13 heteroatoms. The molecule has 0 unspecified atom stereocenters. The number of amides is 3. The monoisotopic (exact) mass is 766 g/mol. The van der Waals surface area contributed by atoms with Crippen LogP contribution in [0.3, 0.4) is 0 Å². The van der Waals surface area contributed by atoms with Crippen molar-refractivity contribution in [2.45, 2.75) is 71.4 Å². The number of aromatic nitrogens is 2. The van der Waals surface area contributed by atoms with Gasteiger partial charge < -0.3 is 4.90 Å². The van der Waals surface area contributed by atoms with Crippen molar-refractivity contribution >= 4 is 56.0 Å². The zero-order chi connectivity index (χ0) is 38.6. The summed E-state index contributed by atoms with van der Waals surface area (Å²) in [6, 6.07) is 23.9. The first-order valence-corrected chi connectivity index (χ1v) is 19.9. The van der Waals surface area contributed by atoms with Gasteiger partial charge in [-0.05, 0) is 78.9 Å². The number of unbranched alkanes of at least 4 members (excludes halogenated alkanes) is 2. The van der Waals surface area contributed by atoms with Gasteiger partial charge in [0.15, 0.2) is 5.69 Å². The Morgan fingerprint density at radius 3 is 2.22 bits per heavy atom. The smallest absolute Gasteiger partial charge is 0.275 e. The number of nitrogens with zero attached hydrogens (tertiary/aromatic N) is 5. The highest BCUT2D eigenvalue weighted by atomic mass is 35.5. The van der Waals surface area contributed by atoms with E-state index >= 15 is 0 Å². The number of nitrogens with one attached hydrogen (secondary N) is 1. The van der Waals surface area contributed by atoms with Crippen LogP contribution in [0, 0.1) is 6.92 Å². The van der Waals surface area contributed by atoms with E-state index in [1.54, 1.807) is 36.9 Å². The van der Waals surface area contributed by atoms with E-state index in [1.165, 1.54) is 39.9 Å². The van der Waals surface area contributed by atoms with Gasteiger partial charge in [-0.15, -0.1) is 0 Å². The number of rotatable bonds is 12. The van der Waals surface area contributed by atoms with E-state index in [0.29, 0.717) is 36.6 Å². The molecule has 6 rings (SSSR count). The van der Waals surface area contributed by atoms with Gasteiger partial charge >= 0.3 is 0 Å². The second-order valence-electron chi connectivity index (χ2n) is 13.4. The molecule has 5 aromatic rings. The predicted octanol–water partition coefficient (Wildman–Crippen LogP) is 7.72. The van der Waals surface area contributed by atoms with E-state index < -0.39 is 21.8 Å². The Balaban J connectivity index is 1.42. The lowest BCUT2D eigenvalue weighted by molar-refractivity contribution is 0.0744. The first kappa shape index (κ1) is 38.4.